The molecule has 1 aliphatic rings. The molecule has 42 heavy (non-hydrogen) atoms. The molecule has 1 heterocycles. The van der Waals surface area contributed by atoms with Crippen LogP contribution in [0.25, 0.3) is 0 Å². The van der Waals surface area contributed by atoms with Crippen LogP contribution in [0.15, 0.2) is 63.2 Å². The Morgan fingerprint density at radius 2 is 1.62 bits per heavy atom. The van der Waals surface area contributed by atoms with Crippen molar-refractivity contribution in [2.24, 2.45) is 32.2 Å². The maximum atomic E-state index is 13.1. The average Bonchev–Trinajstić information content (AvgIpc) is 2.84. The molecule has 13 heteroatoms. The van der Waals surface area contributed by atoms with Crippen molar-refractivity contribution in [2.75, 3.05) is 18.5 Å². The minimum atomic E-state index is -1.04. The summed E-state index contributed by atoms with van der Waals surface area (Å²) in [4.78, 5) is 52.7. The number of anilines is 1. The maximum absolute atomic E-state index is 13.1. The van der Waals surface area contributed by atoms with Crippen molar-refractivity contribution in [2.45, 2.75) is 71.6 Å². The maximum Gasteiger partial charge on any atom is 0.329 e. The van der Waals surface area contributed by atoms with Crippen molar-refractivity contribution in [1.82, 2.24) is 5.32 Å². The number of nitrogens with two attached hydrogens (primary N) is 3. The lowest BCUT2D eigenvalue weighted by Crippen LogP contribution is -2.44. The highest BCUT2D eigenvalue weighted by Crippen LogP contribution is 2.17. The number of hydrogen-bond donors (Lipinski definition) is 4. The summed E-state index contributed by atoms with van der Waals surface area (Å²) >= 11 is 0. The van der Waals surface area contributed by atoms with E-state index >= 15 is 0 Å². The van der Waals surface area contributed by atoms with Gasteiger partial charge in [-0.15, -0.1) is 0 Å². The molecule has 0 fully saturated rings. The Labute approximate surface area is 246 Å². The molecular formula is C29H42N8O5. The highest BCUT2D eigenvalue weighted by molar-refractivity contribution is 6.37. The van der Waals surface area contributed by atoms with E-state index in [-0.39, 0.29) is 36.0 Å². The summed E-state index contributed by atoms with van der Waals surface area (Å²) in [5.74, 6) is -1.45. The van der Waals surface area contributed by atoms with Crippen molar-refractivity contribution in [3.05, 3.63) is 53.7 Å². The van der Waals surface area contributed by atoms with Gasteiger partial charge in [0.1, 0.15) is 34.6 Å². The van der Waals surface area contributed by atoms with Crippen LogP contribution in [0.5, 0.6) is 0 Å². The van der Waals surface area contributed by atoms with Gasteiger partial charge in [-0.3, -0.25) is 9.59 Å². The van der Waals surface area contributed by atoms with Crippen LogP contribution in [0.4, 0.5) is 5.69 Å². The number of hydrogen-bond acceptors (Lipinski definition) is 11. The standard InChI is InChI=1S/C29H42N8O5/c1-17(30)34-25-23(24(31)32)35-19(15-33-25)16-37(8)20-11-9-18(10-12-20)26(39)36-21(27(40)42-29(5,6)7)13-14-22(38)41-28(2,3)4/h9-12,15,21H,1,13-14,16,30-32H2,2-8H3,(H,36,39)/b34-25+. The minimum absolute atomic E-state index is 0.0234. The average molecular weight is 583 g/mol. The number of nitrogens with one attached hydrogen (secondary N) is 1. The number of nitrogens with zero attached hydrogens (tertiary/aromatic N) is 4. The molecule has 0 aliphatic carbocycles. The second-order valence-electron chi connectivity index (χ2n) is 11.7. The monoisotopic (exact) mass is 582 g/mol. The van der Waals surface area contributed by atoms with E-state index in [0.29, 0.717) is 17.8 Å². The molecule has 1 atom stereocenters. The number of ether oxygens (including phenoxy) is 2. The fraction of sp³-hybridized carbons (Fsp3) is 0.448. The molecule has 0 bridgehead atoms. The third kappa shape index (κ3) is 11.1. The zero-order chi connectivity index (χ0) is 31.8. The van der Waals surface area contributed by atoms with Crippen molar-refractivity contribution in [3.63, 3.8) is 0 Å². The van der Waals surface area contributed by atoms with E-state index in [0.717, 1.165) is 5.69 Å². The Morgan fingerprint density at radius 3 is 2.14 bits per heavy atom. The first kappa shape index (κ1) is 33.5. The van der Waals surface area contributed by atoms with Gasteiger partial charge in [-0.25, -0.2) is 19.8 Å². The predicted octanol–water partition coefficient (Wildman–Crippen LogP) is 2.13. The molecule has 0 radical (unpaired) electrons. The van der Waals surface area contributed by atoms with Crippen LogP contribution in [-0.2, 0) is 19.1 Å². The van der Waals surface area contributed by atoms with Gasteiger partial charge in [0, 0.05) is 24.7 Å². The van der Waals surface area contributed by atoms with Crippen LogP contribution in [0, 0.1) is 0 Å². The molecule has 1 unspecified atom stereocenters. The number of esters is 2. The van der Waals surface area contributed by atoms with E-state index in [1.807, 2.05) is 11.9 Å². The summed E-state index contributed by atoms with van der Waals surface area (Å²) in [6.07, 6.45) is 1.48. The summed E-state index contributed by atoms with van der Waals surface area (Å²) in [6.45, 7) is 14.3. The largest absolute Gasteiger partial charge is 0.460 e. The summed E-state index contributed by atoms with van der Waals surface area (Å²) in [5.41, 5.74) is 17.4. The fourth-order valence-electron chi connectivity index (χ4n) is 3.63. The van der Waals surface area contributed by atoms with Crippen molar-refractivity contribution in [1.29, 1.82) is 0 Å². The van der Waals surface area contributed by atoms with Gasteiger partial charge >= 0.3 is 11.9 Å². The summed E-state index contributed by atoms with van der Waals surface area (Å²) in [7, 11) is 1.83. The highest BCUT2D eigenvalue weighted by Gasteiger charge is 2.28. The smallest absolute Gasteiger partial charge is 0.329 e. The molecule has 0 spiro atoms. The Bertz CT molecular complexity index is 1310. The lowest BCUT2D eigenvalue weighted by Gasteiger charge is -2.25. The number of carbonyl (C=O) groups is 3. The Balaban J connectivity index is 2.13. The topological polar surface area (TPSA) is 200 Å². The molecule has 1 amide bonds. The van der Waals surface area contributed by atoms with Gasteiger partial charge < -0.3 is 36.9 Å². The second kappa shape index (κ2) is 13.8. The Morgan fingerprint density at radius 1 is 1.02 bits per heavy atom. The van der Waals surface area contributed by atoms with Crippen LogP contribution in [0.1, 0.15) is 64.7 Å². The Hall–Kier alpha value is -4.68. The molecule has 0 aromatic heterocycles. The van der Waals surface area contributed by atoms with Crippen molar-refractivity contribution < 1.29 is 23.9 Å². The van der Waals surface area contributed by atoms with Gasteiger partial charge in [0.25, 0.3) is 5.91 Å². The highest BCUT2D eigenvalue weighted by atomic mass is 16.6. The molecule has 2 rings (SSSR count). The van der Waals surface area contributed by atoms with Crippen LogP contribution >= 0.6 is 0 Å². The molecule has 7 N–H and O–H groups in total. The first-order valence-electron chi connectivity index (χ1n) is 13.3. The minimum Gasteiger partial charge on any atom is -0.460 e. The van der Waals surface area contributed by atoms with E-state index in [2.05, 4.69) is 26.9 Å². The van der Waals surface area contributed by atoms with E-state index in [9.17, 15) is 14.4 Å². The third-order valence-corrected chi connectivity index (χ3v) is 5.35. The van der Waals surface area contributed by atoms with Gasteiger partial charge in [0.2, 0.25) is 0 Å². The summed E-state index contributed by atoms with van der Waals surface area (Å²) in [5, 5.41) is 2.69. The van der Waals surface area contributed by atoms with Gasteiger partial charge in [-0.2, -0.15) is 0 Å². The SMILES string of the molecule is C=C(N)/N=C1/N=CC(CN(C)c2ccc(C(=O)NC(CCC(=O)OC(C)(C)C)C(=O)OC(C)(C)C)cc2)=NC1=C(N)N. The van der Waals surface area contributed by atoms with Crippen LogP contribution < -0.4 is 27.4 Å². The summed E-state index contributed by atoms with van der Waals surface area (Å²) in [6, 6.07) is 5.70. The number of amidine groups is 1. The van der Waals surface area contributed by atoms with E-state index in [4.69, 9.17) is 26.7 Å². The molecule has 1 aliphatic heterocycles. The van der Waals surface area contributed by atoms with Gasteiger partial charge in [0.15, 0.2) is 5.84 Å². The van der Waals surface area contributed by atoms with E-state index < -0.39 is 35.1 Å². The molecule has 0 saturated heterocycles. The number of amides is 1. The van der Waals surface area contributed by atoms with Crippen molar-refractivity contribution >= 4 is 41.3 Å². The molecule has 1 aromatic carbocycles. The molecular weight excluding hydrogens is 540 g/mol. The number of rotatable bonds is 10. The molecule has 13 nitrogen and oxygen atoms in total. The fourth-order valence-corrected chi connectivity index (χ4v) is 3.63. The van der Waals surface area contributed by atoms with E-state index in [1.54, 1.807) is 65.8 Å². The van der Waals surface area contributed by atoms with Crippen LogP contribution in [0.3, 0.4) is 0 Å². The lowest BCUT2D eigenvalue weighted by molar-refractivity contribution is -0.158. The molecule has 0 saturated carbocycles. The normalized spacial score (nSPS) is 15.0. The number of aliphatic imine (C=N–C) groups is 3. The van der Waals surface area contributed by atoms with Crippen molar-refractivity contribution in [3.8, 4) is 0 Å². The summed E-state index contributed by atoms with van der Waals surface area (Å²) < 4.78 is 10.8. The number of carbonyl (C=O) groups excluding carboxylic acids is 3. The zero-order valence-corrected chi connectivity index (χ0v) is 25.4. The van der Waals surface area contributed by atoms with Crippen LogP contribution in [-0.4, -0.2) is 66.4 Å². The van der Waals surface area contributed by atoms with Gasteiger partial charge in [-0.05, 0) is 72.2 Å². The number of benzene rings is 1. The Kier molecular flexibility index (Phi) is 11.0. The first-order chi connectivity index (χ1) is 19.3. The second-order valence-corrected chi connectivity index (χ2v) is 11.7. The lowest BCUT2D eigenvalue weighted by atomic mass is 10.1. The molecule has 228 valence electrons. The zero-order valence-electron chi connectivity index (χ0n) is 25.4. The van der Waals surface area contributed by atoms with Crippen LogP contribution in [0.2, 0.25) is 0 Å². The quantitative estimate of drug-likeness (QED) is 0.298. The molecule has 1 aromatic rings. The van der Waals surface area contributed by atoms with E-state index in [1.165, 1.54) is 6.21 Å². The van der Waals surface area contributed by atoms with Gasteiger partial charge in [0.05, 0.1) is 18.5 Å². The predicted molar refractivity (Wildman–Crippen MR) is 164 cm³/mol. The van der Waals surface area contributed by atoms with Gasteiger partial charge in [-0.1, -0.05) is 6.58 Å². The first-order valence-corrected chi connectivity index (χ1v) is 13.3. The third-order valence-electron chi connectivity index (χ3n) is 5.35.